The average Bonchev–Trinajstić information content (AvgIpc) is 2.37. The lowest BCUT2D eigenvalue weighted by Gasteiger charge is -2.05. The van der Waals surface area contributed by atoms with E-state index in [4.69, 9.17) is 4.74 Å². The van der Waals surface area contributed by atoms with Crippen molar-refractivity contribution in [3.63, 3.8) is 0 Å². The van der Waals surface area contributed by atoms with Gasteiger partial charge in [-0.25, -0.2) is 4.98 Å². The van der Waals surface area contributed by atoms with Crippen LogP contribution < -0.4 is 0 Å². The summed E-state index contributed by atoms with van der Waals surface area (Å²) in [4.78, 5) is 19.6. The standard InChI is InChI=1S/C14H14N2O2/c1-10-5-3-7-13(15-10)14-8-4-6-12(16-14)9-18-11(2)17/h3-8H,9H2,1-2H3. The van der Waals surface area contributed by atoms with Gasteiger partial charge in [0.15, 0.2) is 0 Å². The number of aryl methyl sites for hydroxylation is 1. The van der Waals surface area contributed by atoms with Crippen LogP contribution >= 0.6 is 0 Å². The molecule has 0 spiro atoms. The van der Waals surface area contributed by atoms with Crippen LogP contribution in [0.4, 0.5) is 0 Å². The van der Waals surface area contributed by atoms with Crippen LogP contribution in [0, 0.1) is 6.92 Å². The van der Waals surface area contributed by atoms with Gasteiger partial charge in [0.05, 0.1) is 17.1 Å². The molecule has 0 aliphatic carbocycles. The summed E-state index contributed by atoms with van der Waals surface area (Å²) < 4.78 is 4.92. The molecule has 0 unspecified atom stereocenters. The van der Waals surface area contributed by atoms with Gasteiger partial charge in [0.1, 0.15) is 6.61 Å². The Morgan fingerprint density at radius 2 is 1.78 bits per heavy atom. The predicted molar refractivity (Wildman–Crippen MR) is 67.7 cm³/mol. The van der Waals surface area contributed by atoms with Crippen LogP contribution in [-0.2, 0) is 16.1 Å². The van der Waals surface area contributed by atoms with Crippen molar-refractivity contribution < 1.29 is 9.53 Å². The Morgan fingerprint density at radius 3 is 2.44 bits per heavy atom. The summed E-state index contributed by atoms with van der Waals surface area (Å²) in [6.07, 6.45) is 0. The highest BCUT2D eigenvalue weighted by atomic mass is 16.5. The lowest BCUT2D eigenvalue weighted by Crippen LogP contribution is -2.01. The molecule has 0 atom stereocenters. The van der Waals surface area contributed by atoms with Gasteiger partial charge in [-0.1, -0.05) is 12.1 Å². The van der Waals surface area contributed by atoms with Gasteiger partial charge in [-0.2, -0.15) is 0 Å². The first-order valence-electron chi connectivity index (χ1n) is 5.68. The maximum Gasteiger partial charge on any atom is 0.303 e. The number of carbonyl (C=O) groups is 1. The van der Waals surface area contributed by atoms with Gasteiger partial charge in [0.25, 0.3) is 0 Å². The average molecular weight is 242 g/mol. The minimum Gasteiger partial charge on any atom is -0.459 e. The molecule has 4 heteroatoms. The quantitative estimate of drug-likeness (QED) is 0.776. The van der Waals surface area contributed by atoms with E-state index in [-0.39, 0.29) is 12.6 Å². The smallest absolute Gasteiger partial charge is 0.303 e. The third-order valence-corrected chi connectivity index (χ3v) is 2.38. The molecule has 0 radical (unpaired) electrons. The van der Waals surface area contributed by atoms with Crippen molar-refractivity contribution >= 4 is 5.97 Å². The molecule has 0 saturated carbocycles. The van der Waals surface area contributed by atoms with Crippen molar-refractivity contribution in [3.05, 3.63) is 47.8 Å². The van der Waals surface area contributed by atoms with Crippen molar-refractivity contribution in [3.8, 4) is 11.4 Å². The highest BCUT2D eigenvalue weighted by Crippen LogP contribution is 2.15. The molecule has 2 aromatic heterocycles. The van der Waals surface area contributed by atoms with E-state index < -0.39 is 0 Å². The van der Waals surface area contributed by atoms with Crippen molar-refractivity contribution in [2.24, 2.45) is 0 Å². The first-order valence-corrected chi connectivity index (χ1v) is 5.68. The highest BCUT2D eigenvalue weighted by molar-refractivity contribution is 5.65. The Balaban J connectivity index is 2.24. The molecule has 0 N–H and O–H groups in total. The van der Waals surface area contributed by atoms with Gasteiger partial charge < -0.3 is 4.74 Å². The molecule has 0 saturated heterocycles. The second-order valence-corrected chi connectivity index (χ2v) is 3.96. The zero-order chi connectivity index (χ0) is 13.0. The van der Waals surface area contributed by atoms with Gasteiger partial charge in [-0.15, -0.1) is 0 Å². The molecule has 18 heavy (non-hydrogen) atoms. The van der Waals surface area contributed by atoms with Crippen molar-refractivity contribution in [2.45, 2.75) is 20.5 Å². The SMILES string of the molecule is CC(=O)OCc1cccc(-c2cccc(C)n2)n1. The molecule has 2 heterocycles. The van der Waals surface area contributed by atoms with E-state index in [9.17, 15) is 4.79 Å². The van der Waals surface area contributed by atoms with Gasteiger partial charge in [-0.05, 0) is 31.2 Å². The maximum absolute atomic E-state index is 10.8. The number of carbonyl (C=O) groups excluding carboxylic acids is 1. The van der Waals surface area contributed by atoms with Crippen LogP contribution in [0.5, 0.6) is 0 Å². The molecule has 0 aromatic carbocycles. The maximum atomic E-state index is 10.8. The number of ether oxygens (including phenoxy) is 1. The third-order valence-electron chi connectivity index (χ3n) is 2.38. The summed E-state index contributed by atoms with van der Waals surface area (Å²) in [5.41, 5.74) is 3.26. The fourth-order valence-electron chi connectivity index (χ4n) is 1.56. The molecule has 0 bridgehead atoms. The molecular formula is C14H14N2O2. The predicted octanol–water partition coefficient (Wildman–Crippen LogP) is 2.52. The molecule has 4 nitrogen and oxygen atoms in total. The summed E-state index contributed by atoms with van der Waals surface area (Å²) in [5, 5.41) is 0. The molecule has 0 fully saturated rings. The molecule has 0 aliphatic rings. The summed E-state index contributed by atoms with van der Waals surface area (Å²) in [5.74, 6) is -0.309. The Labute approximate surface area is 106 Å². The van der Waals surface area contributed by atoms with E-state index in [2.05, 4.69) is 9.97 Å². The summed E-state index contributed by atoms with van der Waals surface area (Å²) in [7, 11) is 0. The number of aromatic nitrogens is 2. The van der Waals surface area contributed by atoms with Crippen LogP contribution in [-0.4, -0.2) is 15.9 Å². The van der Waals surface area contributed by atoms with E-state index in [0.29, 0.717) is 5.69 Å². The Kier molecular flexibility index (Phi) is 3.67. The van der Waals surface area contributed by atoms with E-state index in [0.717, 1.165) is 17.1 Å². The Hall–Kier alpha value is -2.23. The number of esters is 1. The summed E-state index contributed by atoms with van der Waals surface area (Å²) in [6.45, 7) is 3.51. The highest BCUT2D eigenvalue weighted by Gasteiger charge is 2.03. The van der Waals surface area contributed by atoms with Crippen molar-refractivity contribution in [2.75, 3.05) is 0 Å². The Morgan fingerprint density at radius 1 is 1.11 bits per heavy atom. The van der Waals surface area contributed by atoms with Crippen LogP contribution in [0.1, 0.15) is 18.3 Å². The molecule has 2 aromatic rings. The van der Waals surface area contributed by atoms with Crippen molar-refractivity contribution in [1.82, 2.24) is 9.97 Å². The molecule has 0 aliphatic heterocycles. The zero-order valence-electron chi connectivity index (χ0n) is 10.4. The topological polar surface area (TPSA) is 52.1 Å². The van der Waals surface area contributed by atoms with Crippen molar-refractivity contribution in [1.29, 1.82) is 0 Å². The zero-order valence-corrected chi connectivity index (χ0v) is 10.4. The number of pyridine rings is 2. The normalized spacial score (nSPS) is 10.1. The summed E-state index contributed by atoms with van der Waals surface area (Å²) in [6, 6.07) is 11.4. The minimum absolute atomic E-state index is 0.189. The second kappa shape index (κ2) is 5.40. The largest absolute Gasteiger partial charge is 0.459 e. The number of rotatable bonds is 3. The second-order valence-electron chi connectivity index (χ2n) is 3.96. The molecule has 92 valence electrons. The van der Waals surface area contributed by atoms with Crippen LogP contribution in [0.3, 0.4) is 0 Å². The molecule has 2 rings (SSSR count). The van der Waals surface area contributed by atoms with Crippen LogP contribution in [0.2, 0.25) is 0 Å². The third kappa shape index (κ3) is 3.13. The summed E-state index contributed by atoms with van der Waals surface area (Å²) >= 11 is 0. The monoisotopic (exact) mass is 242 g/mol. The molecular weight excluding hydrogens is 228 g/mol. The lowest BCUT2D eigenvalue weighted by atomic mass is 10.2. The number of hydrogen-bond donors (Lipinski definition) is 0. The first kappa shape index (κ1) is 12.2. The number of nitrogens with zero attached hydrogens (tertiary/aromatic N) is 2. The van der Waals surface area contributed by atoms with E-state index in [1.165, 1.54) is 6.92 Å². The van der Waals surface area contributed by atoms with Gasteiger partial charge in [0, 0.05) is 12.6 Å². The van der Waals surface area contributed by atoms with E-state index in [1.807, 2.05) is 43.3 Å². The van der Waals surface area contributed by atoms with Crippen LogP contribution in [0.25, 0.3) is 11.4 Å². The van der Waals surface area contributed by atoms with Gasteiger partial charge in [0.2, 0.25) is 0 Å². The minimum atomic E-state index is -0.309. The van der Waals surface area contributed by atoms with E-state index in [1.54, 1.807) is 0 Å². The molecule has 0 amide bonds. The fraction of sp³-hybridized carbons (Fsp3) is 0.214. The fourth-order valence-corrected chi connectivity index (χ4v) is 1.56. The number of hydrogen-bond acceptors (Lipinski definition) is 4. The van der Waals surface area contributed by atoms with E-state index >= 15 is 0 Å². The van der Waals surface area contributed by atoms with Gasteiger partial charge >= 0.3 is 5.97 Å². The van der Waals surface area contributed by atoms with Gasteiger partial charge in [-0.3, -0.25) is 9.78 Å². The lowest BCUT2D eigenvalue weighted by molar-refractivity contribution is -0.142. The van der Waals surface area contributed by atoms with Crippen LogP contribution in [0.15, 0.2) is 36.4 Å². The Bertz CT molecular complexity index is 567. The first-order chi connectivity index (χ1) is 8.65.